The van der Waals surface area contributed by atoms with Crippen LogP contribution in [-0.4, -0.2) is 20.9 Å². The average Bonchev–Trinajstić information content (AvgIpc) is 2.48. The summed E-state index contributed by atoms with van der Waals surface area (Å²) in [6.45, 7) is 0.266. The zero-order valence-corrected chi connectivity index (χ0v) is 14.0. The van der Waals surface area contributed by atoms with Crippen LogP contribution in [0.3, 0.4) is 0 Å². The molecule has 1 aromatic heterocycles. The van der Waals surface area contributed by atoms with Crippen molar-refractivity contribution in [3.05, 3.63) is 50.9 Å². The molecule has 1 aromatic rings. The lowest BCUT2D eigenvalue weighted by Crippen LogP contribution is -2.31. The molecule has 2 heterocycles. The summed E-state index contributed by atoms with van der Waals surface area (Å²) in [6, 6.07) is 0.848. The summed E-state index contributed by atoms with van der Waals surface area (Å²) in [7, 11) is 0. The number of pyridine rings is 1. The number of aromatic nitrogens is 1. The van der Waals surface area contributed by atoms with Crippen molar-refractivity contribution in [2.75, 3.05) is 6.54 Å². The van der Waals surface area contributed by atoms with E-state index in [4.69, 9.17) is 11.6 Å². The van der Waals surface area contributed by atoms with E-state index >= 15 is 0 Å². The zero-order valence-electron chi connectivity index (χ0n) is 11.1. The Morgan fingerprint density at radius 1 is 1.36 bits per heavy atom. The van der Waals surface area contributed by atoms with Crippen LogP contribution in [0, 0.1) is 0 Å². The zero-order chi connectivity index (χ0) is 16.2. The second kappa shape index (κ2) is 7.36. The molecule has 118 valence electrons. The number of allylic oxidation sites excluding steroid dienone is 2. The normalized spacial score (nSPS) is 14.3. The fourth-order valence-electron chi connectivity index (χ4n) is 1.63. The van der Waals surface area contributed by atoms with Gasteiger partial charge >= 0.3 is 6.18 Å². The molecule has 1 aliphatic heterocycles. The highest BCUT2D eigenvalue weighted by Gasteiger charge is 2.31. The first-order chi connectivity index (χ1) is 10.4. The van der Waals surface area contributed by atoms with Crippen LogP contribution in [0.5, 0.6) is 0 Å². The van der Waals surface area contributed by atoms with Crippen LogP contribution in [0.25, 0.3) is 0 Å². The van der Waals surface area contributed by atoms with Gasteiger partial charge in [-0.3, -0.25) is 9.78 Å². The molecule has 3 nitrogen and oxygen atoms in total. The Morgan fingerprint density at radius 2 is 2.14 bits per heavy atom. The average molecular weight is 443 g/mol. The van der Waals surface area contributed by atoms with Crippen molar-refractivity contribution in [1.29, 1.82) is 0 Å². The van der Waals surface area contributed by atoms with Crippen LogP contribution in [0.15, 0.2) is 34.6 Å². The predicted molar refractivity (Wildman–Crippen MR) is 88.3 cm³/mol. The van der Waals surface area contributed by atoms with Crippen LogP contribution in [0.2, 0.25) is 5.02 Å². The highest BCUT2D eigenvalue weighted by atomic mass is 127. The Hall–Kier alpha value is -1.22. The second-order valence-electron chi connectivity index (χ2n) is 4.29. The molecule has 0 fully saturated rings. The van der Waals surface area contributed by atoms with Crippen LogP contribution in [0.1, 0.15) is 11.3 Å². The molecule has 8 heteroatoms. The molecule has 22 heavy (non-hydrogen) atoms. The maximum absolute atomic E-state index is 12.5. The molecule has 0 atom stereocenters. The summed E-state index contributed by atoms with van der Waals surface area (Å²) in [5.74, 6) is -0.156. The molecule has 1 amide bonds. The molecule has 0 radical (unpaired) electrons. The Labute approximate surface area is 140 Å². The van der Waals surface area contributed by atoms with E-state index in [0.717, 1.165) is 15.8 Å². The number of amides is 1. The summed E-state index contributed by atoms with van der Waals surface area (Å²) >= 11 is 5.39. The first-order valence-electron chi connectivity index (χ1n) is 6.21. The molecule has 0 saturated heterocycles. The molecule has 0 unspecified atom stereocenters. The van der Waals surface area contributed by atoms with E-state index in [9.17, 15) is 18.0 Å². The maximum Gasteiger partial charge on any atom is 0.417 e. The quantitative estimate of drug-likeness (QED) is 0.724. The second-order valence-corrected chi connectivity index (χ2v) is 7.20. The number of rotatable bonds is 4. The number of hydrogen-bond donors (Lipinski definition) is 1. The summed E-state index contributed by atoms with van der Waals surface area (Å²) in [4.78, 5) is 15.6. The van der Waals surface area contributed by atoms with E-state index < -0.39 is 32.5 Å². The Balaban J connectivity index is 1.92. The molecule has 0 saturated carbocycles. The van der Waals surface area contributed by atoms with Gasteiger partial charge in [-0.05, 0) is 16.2 Å². The van der Waals surface area contributed by atoms with E-state index in [-0.39, 0.29) is 23.9 Å². The van der Waals surface area contributed by atoms with Crippen molar-refractivity contribution in [2.24, 2.45) is 0 Å². The molecule has 0 bridgehead atoms. The summed E-state index contributed by atoms with van der Waals surface area (Å²) < 4.78 is 40.2. The van der Waals surface area contributed by atoms with Crippen LogP contribution < -0.4 is 5.32 Å². The number of nitrogens with one attached hydrogen (secondary N) is 1. The van der Waals surface area contributed by atoms with Gasteiger partial charge in [0.2, 0.25) is 0 Å². The van der Waals surface area contributed by atoms with Gasteiger partial charge in [-0.1, -0.05) is 44.5 Å². The van der Waals surface area contributed by atoms with Gasteiger partial charge in [-0.15, -0.1) is 0 Å². The number of hydrogen-bond acceptors (Lipinski definition) is 2. The lowest BCUT2D eigenvalue weighted by Gasteiger charge is -2.10. The highest BCUT2D eigenvalue weighted by Crippen LogP contribution is 2.31. The van der Waals surface area contributed by atoms with Crippen LogP contribution >= 0.6 is 32.3 Å². The first-order valence-corrected chi connectivity index (χ1v) is 8.91. The SMILES string of the molecule is O=C(NCCc1ncc(C(F)(F)F)cc1Cl)C1=IC=CC=C1. The monoisotopic (exact) mass is 442 g/mol. The van der Waals surface area contributed by atoms with Crippen LogP contribution in [0.4, 0.5) is 13.2 Å². The van der Waals surface area contributed by atoms with Crippen molar-refractivity contribution in [1.82, 2.24) is 10.3 Å². The molecule has 0 aromatic carbocycles. The lowest BCUT2D eigenvalue weighted by atomic mass is 10.2. The van der Waals surface area contributed by atoms with Gasteiger partial charge in [0, 0.05) is 19.2 Å². The Kier molecular flexibility index (Phi) is 5.74. The van der Waals surface area contributed by atoms with Crippen molar-refractivity contribution < 1.29 is 18.0 Å². The Morgan fingerprint density at radius 3 is 2.73 bits per heavy atom. The van der Waals surface area contributed by atoms with Crippen molar-refractivity contribution in [2.45, 2.75) is 12.6 Å². The van der Waals surface area contributed by atoms with Gasteiger partial charge in [0.1, 0.15) is 0 Å². The van der Waals surface area contributed by atoms with Gasteiger partial charge < -0.3 is 5.32 Å². The molecule has 2 rings (SSSR count). The van der Waals surface area contributed by atoms with E-state index in [2.05, 4.69) is 10.3 Å². The lowest BCUT2D eigenvalue weighted by molar-refractivity contribution is -0.137. The third-order valence-corrected chi connectivity index (χ3v) is 5.34. The van der Waals surface area contributed by atoms with E-state index in [1.54, 1.807) is 12.2 Å². The number of carbonyl (C=O) groups excluding carboxylic acids is 1. The molecule has 1 aliphatic rings. The van der Waals surface area contributed by atoms with Gasteiger partial charge in [0.05, 0.1) is 19.8 Å². The van der Waals surface area contributed by atoms with Crippen molar-refractivity contribution in [3.63, 3.8) is 0 Å². The molecule has 1 N–H and O–H groups in total. The minimum atomic E-state index is -4.47. The van der Waals surface area contributed by atoms with Gasteiger partial charge in [0.15, 0.2) is 0 Å². The van der Waals surface area contributed by atoms with Crippen molar-refractivity contribution in [3.8, 4) is 0 Å². The van der Waals surface area contributed by atoms with E-state index in [0.29, 0.717) is 5.69 Å². The fraction of sp³-hybridized carbons (Fsp3) is 0.214. The number of alkyl halides is 3. The van der Waals surface area contributed by atoms with Crippen molar-refractivity contribution >= 4 is 41.7 Å². The number of carbonyl (C=O) groups is 1. The van der Waals surface area contributed by atoms with Gasteiger partial charge in [-0.25, -0.2) is 0 Å². The fourth-order valence-corrected chi connectivity index (χ4v) is 3.62. The number of halogens is 5. The first kappa shape index (κ1) is 17.1. The summed E-state index contributed by atoms with van der Waals surface area (Å²) in [5, 5.41) is 2.67. The smallest absolute Gasteiger partial charge is 0.351 e. The molecule has 0 aliphatic carbocycles. The molecule has 0 spiro atoms. The highest BCUT2D eigenvalue weighted by molar-refractivity contribution is 14.2. The minimum Gasteiger partial charge on any atom is -0.351 e. The summed E-state index contributed by atoms with van der Waals surface area (Å²) in [5.41, 5.74) is -0.557. The third-order valence-electron chi connectivity index (χ3n) is 2.72. The van der Waals surface area contributed by atoms with Gasteiger partial charge in [0.25, 0.3) is 5.91 Å². The predicted octanol–water partition coefficient (Wildman–Crippen LogP) is 3.64. The standard InChI is InChI=1S/C14H11ClF3IN2O/c15-10-7-9(14(16,17)18)8-21-12(10)4-6-20-13(22)11-3-1-2-5-19-11/h1-3,5,7-8H,4,6H2,(H,20,22). The van der Waals surface area contributed by atoms with E-state index in [1.165, 1.54) is 0 Å². The largest absolute Gasteiger partial charge is 0.417 e. The van der Waals surface area contributed by atoms with Gasteiger partial charge in [-0.2, -0.15) is 13.2 Å². The van der Waals surface area contributed by atoms with Crippen LogP contribution in [-0.2, 0) is 17.4 Å². The summed E-state index contributed by atoms with van der Waals surface area (Å²) in [6.07, 6.45) is 2.02. The molecular formula is C14H11ClF3IN2O. The maximum atomic E-state index is 12.5. The third kappa shape index (κ3) is 4.64. The Bertz CT molecular complexity index is 669. The minimum absolute atomic E-state index is 0.0513. The topological polar surface area (TPSA) is 42.0 Å². The van der Waals surface area contributed by atoms with E-state index in [1.807, 2.05) is 10.2 Å². The number of nitrogens with zero attached hydrogens (tertiary/aromatic N) is 1. The molecular weight excluding hydrogens is 432 g/mol.